The Balaban J connectivity index is 1.55. The average molecular weight is 351 g/mol. The van der Waals surface area contributed by atoms with Crippen LogP contribution in [0.5, 0.6) is 0 Å². The van der Waals surface area contributed by atoms with E-state index in [0.717, 1.165) is 19.0 Å². The molecule has 0 spiro atoms. The highest BCUT2D eigenvalue weighted by Crippen LogP contribution is 2.27. The quantitative estimate of drug-likeness (QED) is 0.542. The summed E-state index contributed by atoms with van der Waals surface area (Å²) in [5.41, 5.74) is 3.28. The highest BCUT2D eigenvalue weighted by atomic mass is 19.1. The minimum atomic E-state index is -0.520. The van der Waals surface area contributed by atoms with Gasteiger partial charge in [-0.05, 0) is 54.8 Å². The summed E-state index contributed by atoms with van der Waals surface area (Å²) in [5, 5.41) is 3.40. The topological polar surface area (TPSA) is 12.0 Å². The third kappa shape index (κ3) is 5.24. The molecule has 0 saturated carbocycles. The Morgan fingerprint density at radius 3 is 1.77 bits per heavy atom. The molecule has 0 radical (unpaired) electrons. The molecule has 0 aliphatic rings. The molecule has 0 aliphatic carbocycles. The van der Waals surface area contributed by atoms with E-state index in [4.69, 9.17) is 0 Å². The molecule has 0 saturated heterocycles. The summed E-state index contributed by atoms with van der Waals surface area (Å²) in [6.45, 7) is 1.53. The Labute approximate surface area is 153 Å². The van der Waals surface area contributed by atoms with Gasteiger partial charge in [0, 0.05) is 12.0 Å². The summed E-state index contributed by atoms with van der Waals surface area (Å²) in [4.78, 5) is 0. The van der Waals surface area contributed by atoms with Gasteiger partial charge in [0.15, 0.2) is 0 Å². The molecule has 3 aromatic carbocycles. The summed E-state index contributed by atoms with van der Waals surface area (Å²) < 4.78 is 26.4. The first kappa shape index (κ1) is 18.3. The number of rotatable bonds is 8. The van der Waals surface area contributed by atoms with Crippen LogP contribution in [-0.4, -0.2) is 13.1 Å². The van der Waals surface area contributed by atoms with Gasteiger partial charge in [0.25, 0.3) is 0 Å². The lowest BCUT2D eigenvalue weighted by atomic mass is 9.88. The molecule has 0 atom stereocenters. The van der Waals surface area contributed by atoms with E-state index in [1.807, 2.05) is 12.1 Å². The fourth-order valence-corrected chi connectivity index (χ4v) is 3.26. The highest BCUT2D eigenvalue weighted by molar-refractivity contribution is 5.32. The molecule has 0 aliphatic heterocycles. The van der Waals surface area contributed by atoms with Crippen LogP contribution in [0.25, 0.3) is 0 Å². The van der Waals surface area contributed by atoms with Crippen molar-refractivity contribution in [3.05, 3.63) is 107 Å². The van der Waals surface area contributed by atoms with Crippen LogP contribution < -0.4 is 5.32 Å². The van der Waals surface area contributed by atoms with Crippen molar-refractivity contribution in [3.63, 3.8) is 0 Å². The molecule has 134 valence electrons. The van der Waals surface area contributed by atoms with Crippen molar-refractivity contribution in [1.29, 1.82) is 0 Å². The van der Waals surface area contributed by atoms with Crippen LogP contribution in [0, 0.1) is 11.6 Å². The van der Waals surface area contributed by atoms with Gasteiger partial charge in [0.2, 0.25) is 0 Å². The van der Waals surface area contributed by atoms with Gasteiger partial charge in [-0.3, -0.25) is 0 Å². The highest BCUT2D eigenvalue weighted by Gasteiger charge is 2.13. The maximum atomic E-state index is 13.2. The van der Waals surface area contributed by atoms with E-state index < -0.39 is 11.6 Å². The summed E-state index contributed by atoms with van der Waals surface area (Å²) in [6.07, 6.45) is 1.57. The molecule has 0 aromatic heterocycles. The SMILES string of the molecule is Fc1cc(F)cc(CCNCCC(c2ccccc2)c2ccccc2)c1. The third-order valence-electron chi connectivity index (χ3n) is 4.53. The van der Waals surface area contributed by atoms with Crippen LogP contribution in [0.3, 0.4) is 0 Å². The standard InChI is InChI=1S/C23H23F2N/c24-21-15-18(16-22(25)17-21)11-13-26-14-12-23(19-7-3-1-4-8-19)20-9-5-2-6-10-20/h1-10,15-17,23,26H,11-14H2. The zero-order valence-corrected chi connectivity index (χ0v) is 14.7. The summed E-state index contributed by atoms with van der Waals surface area (Å²) in [7, 11) is 0. The van der Waals surface area contributed by atoms with Crippen molar-refractivity contribution in [1.82, 2.24) is 5.32 Å². The van der Waals surface area contributed by atoms with Crippen molar-refractivity contribution in [2.24, 2.45) is 0 Å². The second-order valence-electron chi connectivity index (χ2n) is 6.44. The van der Waals surface area contributed by atoms with Crippen molar-refractivity contribution >= 4 is 0 Å². The first-order valence-corrected chi connectivity index (χ1v) is 8.98. The van der Waals surface area contributed by atoms with Gasteiger partial charge in [-0.15, -0.1) is 0 Å². The molecular formula is C23H23F2N. The Hall–Kier alpha value is -2.52. The molecule has 3 rings (SSSR count). The molecule has 0 heterocycles. The van der Waals surface area contributed by atoms with Crippen LogP contribution in [0.2, 0.25) is 0 Å². The smallest absolute Gasteiger partial charge is 0.126 e. The predicted molar refractivity (Wildman–Crippen MR) is 102 cm³/mol. The average Bonchev–Trinajstić information content (AvgIpc) is 2.65. The van der Waals surface area contributed by atoms with Crippen LogP contribution in [-0.2, 0) is 6.42 Å². The molecule has 1 N–H and O–H groups in total. The lowest BCUT2D eigenvalue weighted by Gasteiger charge is -2.18. The molecule has 3 aromatic rings. The second-order valence-corrected chi connectivity index (χ2v) is 6.44. The van der Waals surface area contributed by atoms with Gasteiger partial charge < -0.3 is 5.32 Å². The van der Waals surface area contributed by atoms with E-state index in [1.165, 1.54) is 23.3 Å². The monoisotopic (exact) mass is 351 g/mol. The molecule has 0 bridgehead atoms. The molecule has 1 nitrogen and oxygen atoms in total. The Kier molecular flexibility index (Phi) is 6.50. The minimum absolute atomic E-state index is 0.330. The van der Waals surface area contributed by atoms with Gasteiger partial charge in [0.1, 0.15) is 11.6 Å². The van der Waals surface area contributed by atoms with Crippen molar-refractivity contribution in [2.45, 2.75) is 18.8 Å². The van der Waals surface area contributed by atoms with E-state index >= 15 is 0 Å². The molecule has 3 heteroatoms. The third-order valence-corrected chi connectivity index (χ3v) is 4.53. The van der Waals surface area contributed by atoms with Crippen LogP contribution in [0.1, 0.15) is 29.0 Å². The lowest BCUT2D eigenvalue weighted by molar-refractivity contribution is 0.575. The minimum Gasteiger partial charge on any atom is -0.316 e. The van der Waals surface area contributed by atoms with Crippen LogP contribution in [0.4, 0.5) is 8.78 Å². The van der Waals surface area contributed by atoms with Gasteiger partial charge in [-0.1, -0.05) is 60.7 Å². The zero-order chi connectivity index (χ0) is 18.2. The van der Waals surface area contributed by atoms with E-state index in [2.05, 4.69) is 53.8 Å². The molecule has 26 heavy (non-hydrogen) atoms. The Morgan fingerprint density at radius 2 is 1.23 bits per heavy atom. The second kappa shape index (κ2) is 9.25. The number of nitrogens with one attached hydrogen (secondary N) is 1. The lowest BCUT2D eigenvalue weighted by Crippen LogP contribution is -2.21. The van der Waals surface area contributed by atoms with Gasteiger partial charge >= 0.3 is 0 Å². The molecule has 0 fully saturated rings. The van der Waals surface area contributed by atoms with Crippen LogP contribution in [0.15, 0.2) is 78.9 Å². The first-order chi connectivity index (χ1) is 12.7. The van der Waals surface area contributed by atoms with Gasteiger partial charge in [0.05, 0.1) is 0 Å². The van der Waals surface area contributed by atoms with Crippen LogP contribution >= 0.6 is 0 Å². The number of benzene rings is 3. The maximum Gasteiger partial charge on any atom is 0.126 e. The predicted octanol–water partition coefficient (Wildman–Crippen LogP) is 5.32. The fourth-order valence-electron chi connectivity index (χ4n) is 3.26. The number of hydrogen-bond donors (Lipinski definition) is 1. The summed E-state index contributed by atoms with van der Waals surface area (Å²) in [5.74, 6) is -0.710. The maximum absolute atomic E-state index is 13.2. The van der Waals surface area contributed by atoms with E-state index in [-0.39, 0.29) is 0 Å². The molecular weight excluding hydrogens is 328 g/mol. The molecule has 0 amide bonds. The number of halogens is 2. The number of hydrogen-bond acceptors (Lipinski definition) is 1. The Morgan fingerprint density at radius 1 is 0.692 bits per heavy atom. The largest absolute Gasteiger partial charge is 0.316 e. The van der Waals surface area contributed by atoms with Crippen molar-refractivity contribution in [3.8, 4) is 0 Å². The first-order valence-electron chi connectivity index (χ1n) is 8.98. The normalized spacial score (nSPS) is 11.0. The van der Waals surface area contributed by atoms with Gasteiger partial charge in [-0.2, -0.15) is 0 Å². The van der Waals surface area contributed by atoms with Gasteiger partial charge in [-0.25, -0.2) is 8.78 Å². The Bertz CT molecular complexity index is 743. The van der Waals surface area contributed by atoms with E-state index in [0.29, 0.717) is 24.4 Å². The summed E-state index contributed by atoms with van der Waals surface area (Å²) in [6, 6.07) is 24.7. The van der Waals surface area contributed by atoms with Crippen molar-refractivity contribution < 1.29 is 8.78 Å². The van der Waals surface area contributed by atoms with E-state index in [9.17, 15) is 8.78 Å². The van der Waals surface area contributed by atoms with Crippen molar-refractivity contribution in [2.75, 3.05) is 13.1 Å². The molecule has 0 unspecified atom stereocenters. The zero-order valence-electron chi connectivity index (χ0n) is 14.7. The summed E-state index contributed by atoms with van der Waals surface area (Å²) >= 11 is 0. The fraction of sp³-hybridized carbons (Fsp3) is 0.217. The van der Waals surface area contributed by atoms with E-state index in [1.54, 1.807) is 0 Å².